The SMILES string of the molecule is Cn1c(SCc2ccc(/C=C/C(=O)O)s2)n[nH]c1=O. The van der Waals surface area contributed by atoms with E-state index in [-0.39, 0.29) is 5.69 Å². The second-order valence-corrected chi connectivity index (χ2v) is 5.78. The summed E-state index contributed by atoms with van der Waals surface area (Å²) in [6.45, 7) is 0. The molecule has 0 radical (unpaired) electrons. The first-order chi connectivity index (χ1) is 9.06. The quantitative estimate of drug-likeness (QED) is 0.646. The Hall–Kier alpha value is -1.80. The molecule has 0 saturated heterocycles. The fourth-order valence-corrected chi connectivity index (χ4v) is 3.19. The number of aromatic nitrogens is 3. The number of carbonyl (C=O) groups is 1. The summed E-state index contributed by atoms with van der Waals surface area (Å²) in [5, 5.41) is 15.4. The van der Waals surface area contributed by atoms with Gasteiger partial charge in [-0.2, -0.15) is 0 Å². The predicted molar refractivity (Wildman–Crippen MR) is 74.4 cm³/mol. The third-order valence-corrected chi connectivity index (χ3v) is 4.57. The average Bonchev–Trinajstić information content (AvgIpc) is 2.94. The molecule has 2 rings (SSSR count). The molecule has 0 aliphatic carbocycles. The highest BCUT2D eigenvalue weighted by molar-refractivity contribution is 7.98. The number of nitrogens with one attached hydrogen (secondary N) is 1. The van der Waals surface area contributed by atoms with Gasteiger partial charge in [-0.25, -0.2) is 14.7 Å². The van der Waals surface area contributed by atoms with E-state index in [1.165, 1.54) is 27.7 Å². The smallest absolute Gasteiger partial charge is 0.343 e. The number of nitrogens with zero attached hydrogens (tertiary/aromatic N) is 2. The molecule has 19 heavy (non-hydrogen) atoms. The van der Waals surface area contributed by atoms with Gasteiger partial charge in [0.15, 0.2) is 5.16 Å². The number of thioether (sulfide) groups is 1. The van der Waals surface area contributed by atoms with Crippen LogP contribution < -0.4 is 5.69 Å². The van der Waals surface area contributed by atoms with Gasteiger partial charge < -0.3 is 5.11 Å². The number of hydrogen-bond donors (Lipinski definition) is 2. The van der Waals surface area contributed by atoms with Crippen LogP contribution in [0.1, 0.15) is 9.75 Å². The third kappa shape index (κ3) is 3.58. The van der Waals surface area contributed by atoms with Gasteiger partial charge in [-0.05, 0) is 18.2 Å². The zero-order valence-corrected chi connectivity index (χ0v) is 11.6. The van der Waals surface area contributed by atoms with Crippen LogP contribution in [-0.4, -0.2) is 25.8 Å². The molecule has 6 nitrogen and oxygen atoms in total. The lowest BCUT2D eigenvalue weighted by Crippen LogP contribution is -2.12. The Morgan fingerprint density at radius 2 is 2.42 bits per heavy atom. The van der Waals surface area contributed by atoms with Gasteiger partial charge in [0.1, 0.15) is 0 Å². The lowest BCUT2D eigenvalue weighted by molar-refractivity contribution is -0.131. The average molecular weight is 297 g/mol. The molecule has 0 bridgehead atoms. The van der Waals surface area contributed by atoms with Crippen LogP contribution in [0.25, 0.3) is 6.08 Å². The van der Waals surface area contributed by atoms with E-state index in [1.807, 2.05) is 12.1 Å². The maximum absolute atomic E-state index is 11.2. The van der Waals surface area contributed by atoms with Crippen molar-refractivity contribution in [1.82, 2.24) is 14.8 Å². The molecular weight excluding hydrogens is 286 g/mol. The van der Waals surface area contributed by atoms with Crippen LogP contribution in [0.15, 0.2) is 28.2 Å². The Morgan fingerprint density at radius 3 is 3.05 bits per heavy atom. The number of rotatable bonds is 5. The van der Waals surface area contributed by atoms with Gasteiger partial charge in [0.05, 0.1) is 0 Å². The van der Waals surface area contributed by atoms with Crippen LogP contribution >= 0.6 is 23.1 Å². The minimum atomic E-state index is -0.962. The van der Waals surface area contributed by atoms with Gasteiger partial charge in [-0.15, -0.1) is 16.4 Å². The van der Waals surface area contributed by atoms with E-state index >= 15 is 0 Å². The molecule has 2 aromatic heterocycles. The fraction of sp³-hybridized carbons (Fsp3) is 0.182. The molecule has 2 heterocycles. The minimum absolute atomic E-state index is 0.237. The van der Waals surface area contributed by atoms with Gasteiger partial charge in [-0.3, -0.25) is 4.57 Å². The van der Waals surface area contributed by atoms with E-state index in [4.69, 9.17) is 5.11 Å². The molecule has 0 spiro atoms. The molecule has 0 atom stereocenters. The molecular formula is C11H11N3O3S2. The zero-order valence-electron chi connectivity index (χ0n) is 9.99. The Labute approximate surface area is 116 Å². The molecule has 0 fully saturated rings. The van der Waals surface area contributed by atoms with Gasteiger partial charge in [0.25, 0.3) is 0 Å². The number of carboxylic acid groups (broad SMARTS) is 1. The lowest BCUT2D eigenvalue weighted by Gasteiger charge is -1.96. The number of hydrogen-bond acceptors (Lipinski definition) is 5. The fourth-order valence-electron chi connectivity index (χ4n) is 1.31. The first kappa shape index (κ1) is 13.6. The summed E-state index contributed by atoms with van der Waals surface area (Å²) in [7, 11) is 1.66. The van der Waals surface area contributed by atoms with Crippen LogP contribution in [0.2, 0.25) is 0 Å². The summed E-state index contributed by atoms with van der Waals surface area (Å²) >= 11 is 2.96. The van der Waals surface area contributed by atoms with Gasteiger partial charge in [0.2, 0.25) is 0 Å². The summed E-state index contributed by atoms with van der Waals surface area (Å²) in [6, 6.07) is 3.80. The Bertz CT molecular complexity index is 669. The lowest BCUT2D eigenvalue weighted by atomic mass is 10.4. The van der Waals surface area contributed by atoms with Crippen LogP contribution in [0.3, 0.4) is 0 Å². The van der Waals surface area contributed by atoms with E-state index in [2.05, 4.69) is 10.2 Å². The maximum Gasteiger partial charge on any atom is 0.343 e. The van der Waals surface area contributed by atoms with Crippen LogP contribution in [-0.2, 0) is 17.6 Å². The van der Waals surface area contributed by atoms with E-state index in [0.717, 1.165) is 15.8 Å². The number of aliphatic carboxylic acids is 1. The number of H-pyrrole nitrogens is 1. The third-order valence-electron chi connectivity index (χ3n) is 2.25. The summed E-state index contributed by atoms with van der Waals surface area (Å²) in [6.07, 6.45) is 2.67. The van der Waals surface area contributed by atoms with Crippen molar-refractivity contribution in [2.45, 2.75) is 10.9 Å². The highest BCUT2D eigenvalue weighted by Crippen LogP contribution is 2.25. The normalized spacial score (nSPS) is 11.2. The zero-order chi connectivity index (χ0) is 13.8. The molecule has 0 saturated carbocycles. The van der Waals surface area contributed by atoms with Crippen molar-refractivity contribution in [3.05, 3.63) is 38.4 Å². The largest absolute Gasteiger partial charge is 0.478 e. The van der Waals surface area contributed by atoms with Crippen molar-refractivity contribution in [2.24, 2.45) is 7.05 Å². The molecule has 0 aromatic carbocycles. The monoisotopic (exact) mass is 297 g/mol. The van der Waals surface area contributed by atoms with Gasteiger partial charge in [-0.1, -0.05) is 11.8 Å². The van der Waals surface area contributed by atoms with Crippen molar-refractivity contribution < 1.29 is 9.90 Å². The Kier molecular flexibility index (Phi) is 4.23. The number of aromatic amines is 1. The van der Waals surface area contributed by atoms with Gasteiger partial charge in [0, 0.05) is 28.6 Å². The highest BCUT2D eigenvalue weighted by atomic mass is 32.2. The number of carboxylic acids is 1. The molecule has 100 valence electrons. The van der Waals surface area contributed by atoms with Crippen LogP contribution in [0, 0.1) is 0 Å². The molecule has 0 unspecified atom stereocenters. The summed E-state index contributed by atoms with van der Waals surface area (Å²) in [5.74, 6) is -0.278. The van der Waals surface area contributed by atoms with Crippen molar-refractivity contribution in [3.63, 3.8) is 0 Å². The van der Waals surface area contributed by atoms with Crippen LogP contribution in [0.5, 0.6) is 0 Å². The number of thiophene rings is 1. The summed E-state index contributed by atoms with van der Waals surface area (Å²) < 4.78 is 1.45. The Morgan fingerprint density at radius 1 is 1.63 bits per heavy atom. The van der Waals surface area contributed by atoms with Crippen molar-refractivity contribution in [2.75, 3.05) is 0 Å². The molecule has 0 aliphatic heterocycles. The molecule has 0 amide bonds. The van der Waals surface area contributed by atoms with E-state index in [1.54, 1.807) is 13.1 Å². The van der Waals surface area contributed by atoms with E-state index < -0.39 is 5.97 Å². The van der Waals surface area contributed by atoms with Crippen molar-refractivity contribution in [3.8, 4) is 0 Å². The molecule has 2 N–H and O–H groups in total. The van der Waals surface area contributed by atoms with E-state index in [0.29, 0.717) is 10.9 Å². The first-order valence-corrected chi connectivity index (χ1v) is 7.10. The maximum atomic E-state index is 11.2. The topological polar surface area (TPSA) is 88.0 Å². The first-order valence-electron chi connectivity index (χ1n) is 5.30. The molecule has 0 aliphatic rings. The summed E-state index contributed by atoms with van der Waals surface area (Å²) in [4.78, 5) is 23.5. The summed E-state index contributed by atoms with van der Waals surface area (Å²) in [5.41, 5.74) is -0.237. The predicted octanol–water partition coefficient (Wildman–Crippen LogP) is 1.56. The van der Waals surface area contributed by atoms with Crippen molar-refractivity contribution in [1.29, 1.82) is 0 Å². The van der Waals surface area contributed by atoms with Crippen molar-refractivity contribution >= 4 is 35.1 Å². The Balaban J connectivity index is 1.99. The minimum Gasteiger partial charge on any atom is -0.478 e. The molecule has 8 heteroatoms. The van der Waals surface area contributed by atoms with Crippen LogP contribution in [0.4, 0.5) is 0 Å². The van der Waals surface area contributed by atoms with E-state index in [9.17, 15) is 9.59 Å². The van der Waals surface area contributed by atoms with Gasteiger partial charge >= 0.3 is 11.7 Å². The second kappa shape index (κ2) is 5.89. The standard InChI is InChI=1S/C11H11N3O3S2/c1-14-10(17)12-13-11(14)18-6-8-3-2-7(19-8)4-5-9(15)16/h2-5H,6H2,1H3,(H,12,17)(H,15,16)/b5-4+. The molecule has 2 aromatic rings. The highest BCUT2D eigenvalue weighted by Gasteiger charge is 2.06. The second-order valence-electron chi connectivity index (χ2n) is 3.63.